The standard InChI is InChI=1S/C23H23N3O5/c1-23(2)22(28)21(25-10-6-7-11-25)16-13-17(18(26(29)30)14-19(16)31-23)24-20(27)12-15-8-4-3-5-9-15/h3-11,13-14,21-22,28H,12H2,1-2H3,(H,24,27). The van der Waals surface area contributed by atoms with E-state index in [2.05, 4.69) is 5.32 Å². The molecule has 0 spiro atoms. The third-order valence-electron chi connectivity index (χ3n) is 5.46. The van der Waals surface area contributed by atoms with Gasteiger partial charge in [0.1, 0.15) is 23.1 Å². The van der Waals surface area contributed by atoms with Gasteiger partial charge in [-0.25, -0.2) is 0 Å². The van der Waals surface area contributed by atoms with Crippen molar-refractivity contribution in [2.45, 2.75) is 38.0 Å². The van der Waals surface area contributed by atoms with E-state index in [4.69, 9.17) is 4.74 Å². The molecule has 2 N–H and O–H groups in total. The summed E-state index contributed by atoms with van der Waals surface area (Å²) in [7, 11) is 0. The number of carbonyl (C=O) groups excluding carboxylic acids is 1. The van der Waals surface area contributed by atoms with Crippen molar-refractivity contribution in [1.82, 2.24) is 4.57 Å². The number of carbonyl (C=O) groups is 1. The van der Waals surface area contributed by atoms with Gasteiger partial charge in [-0.05, 0) is 37.6 Å². The van der Waals surface area contributed by atoms with Crippen LogP contribution in [0.3, 0.4) is 0 Å². The van der Waals surface area contributed by atoms with E-state index < -0.39 is 22.7 Å². The van der Waals surface area contributed by atoms with Gasteiger partial charge in [0.2, 0.25) is 5.91 Å². The molecule has 0 fully saturated rings. The monoisotopic (exact) mass is 421 g/mol. The molecule has 8 heteroatoms. The second-order valence-corrected chi connectivity index (χ2v) is 8.10. The number of amides is 1. The van der Waals surface area contributed by atoms with Crippen molar-refractivity contribution in [3.05, 3.63) is 88.2 Å². The first-order valence-corrected chi connectivity index (χ1v) is 9.92. The van der Waals surface area contributed by atoms with E-state index in [0.717, 1.165) is 5.56 Å². The summed E-state index contributed by atoms with van der Waals surface area (Å²) in [4.78, 5) is 23.8. The van der Waals surface area contributed by atoms with Crippen molar-refractivity contribution in [3.8, 4) is 5.75 Å². The zero-order chi connectivity index (χ0) is 22.2. The Morgan fingerprint density at radius 3 is 2.52 bits per heavy atom. The Labute approximate surface area is 179 Å². The zero-order valence-electron chi connectivity index (χ0n) is 17.2. The van der Waals surface area contributed by atoms with Gasteiger partial charge in [0, 0.05) is 18.0 Å². The molecule has 0 saturated carbocycles. The number of aliphatic hydroxyl groups excluding tert-OH is 1. The number of aliphatic hydroxyl groups is 1. The summed E-state index contributed by atoms with van der Waals surface area (Å²) < 4.78 is 7.75. The van der Waals surface area contributed by atoms with Crippen LogP contribution in [-0.4, -0.2) is 32.2 Å². The van der Waals surface area contributed by atoms with Crippen LogP contribution in [0.5, 0.6) is 5.75 Å². The average molecular weight is 421 g/mol. The molecule has 2 aromatic carbocycles. The summed E-state index contributed by atoms with van der Waals surface area (Å²) in [5.74, 6) is -0.0638. The van der Waals surface area contributed by atoms with E-state index in [0.29, 0.717) is 11.3 Å². The van der Waals surface area contributed by atoms with Gasteiger partial charge in [-0.15, -0.1) is 0 Å². The number of benzene rings is 2. The van der Waals surface area contributed by atoms with E-state index in [1.54, 1.807) is 13.8 Å². The number of ether oxygens (including phenoxy) is 1. The lowest BCUT2D eigenvalue weighted by atomic mass is 9.86. The lowest BCUT2D eigenvalue weighted by Gasteiger charge is -2.42. The van der Waals surface area contributed by atoms with E-state index in [1.807, 2.05) is 59.4 Å². The quantitative estimate of drug-likeness (QED) is 0.483. The Kier molecular flexibility index (Phi) is 5.24. The van der Waals surface area contributed by atoms with Gasteiger partial charge in [0.25, 0.3) is 5.69 Å². The maximum atomic E-state index is 12.6. The first-order chi connectivity index (χ1) is 14.8. The Hall–Kier alpha value is -3.65. The molecule has 1 aromatic heterocycles. The van der Waals surface area contributed by atoms with E-state index in [1.165, 1.54) is 12.1 Å². The molecule has 1 aliphatic heterocycles. The number of nitrogens with zero attached hydrogens (tertiary/aromatic N) is 2. The fourth-order valence-electron chi connectivity index (χ4n) is 3.88. The van der Waals surface area contributed by atoms with Crippen molar-refractivity contribution in [2.24, 2.45) is 0 Å². The normalized spacial score (nSPS) is 19.2. The SMILES string of the molecule is CC1(C)Oc2cc([N+](=O)[O-])c(NC(=O)Cc3ccccc3)cc2C(n2cccc2)C1O. The molecule has 0 radical (unpaired) electrons. The number of aromatic nitrogens is 1. The van der Waals surface area contributed by atoms with Crippen molar-refractivity contribution >= 4 is 17.3 Å². The highest BCUT2D eigenvalue weighted by atomic mass is 16.6. The molecular weight excluding hydrogens is 398 g/mol. The van der Waals surface area contributed by atoms with Crippen molar-refractivity contribution < 1.29 is 19.6 Å². The van der Waals surface area contributed by atoms with Crippen LogP contribution in [0.25, 0.3) is 0 Å². The molecule has 3 aromatic rings. The van der Waals surface area contributed by atoms with Gasteiger partial charge in [0.15, 0.2) is 0 Å². The summed E-state index contributed by atoms with van der Waals surface area (Å²) in [5, 5.41) is 25.4. The zero-order valence-corrected chi connectivity index (χ0v) is 17.2. The van der Waals surface area contributed by atoms with Crippen LogP contribution in [0, 0.1) is 10.1 Å². The molecule has 1 amide bonds. The Bertz CT molecular complexity index is 1110. The highest BCUT2D eigenvalue weighted by molar-refractivity contribution is 5.95. The molecule has 2 heterocycles. The largest absolute Gasteiger partial charge is 0.484 e. The molecule has 2 unspecified atom stereocenters. The second-order valence-electron chi connectivity index (χ2n) is 8.10. The van der Waals surface area contributed by atoms with E-state index in [-0.39, 0.29) is 23.7 Å². The summed E-state index contributed by atoms with van der Waals surface area (Å²) in [6.45, 7) is 3.47. The number of hydrogen-bond acceptors (Lipinski definition) is 5. The molecular formula is C23H23N3O5. The maximum Gasteiger partial charge on any atom is 0.296 e. The number of hydrogen-bond donors (Lipinski definition) is 2. The smallest absolute Gasteiger partial charge is 0.296 e. The summed E-state index contributed by atoms with van der Waals surface area (Å²) in [6.07, 6.45) is 2.80. The van der Waals surface area contributed by atoms with Crippen molar-refractivity contribution in [2.75, 3.05) is 5.32 Å². The number of nitrogens with one attached hydrogen (secondary N) is 1. The molecule has 0 saturated heterocycles. The van der Waals surface area contributed by atoms with Crippen LogP contribution in [-0.2, 0) is 11.2 Å². The minimum atomic E-state index is -0.964. The second kappa shape index (κ2) is 7.88. The molecule has 31 heavy (non-hydrogen) atoms. The Morgan fingerprint density at radius 2 is 1.87 bits per heavy atom. The van der Waals surface area contributed by atoms with Gasteiger partial charge >= 0.3 is 0 Å². The molecule has 8 nitrogen and oxygen atoms in total. The van der Waals surface area contributed by atoms with Gasteiger partial charge < -0.3 is 19.7 Å². The molecule has 160 valence electrons. The van der Waals surface area contributed by atoms with Crippen molar-refractivity contribution in [1.29, 1.82) is 0 Å². The third-order valence-corrected chi connectivity index (χ3v) is 5.46. The summed E-state index contributed by atoms with van der Waals surface area (Å²) in [5.41, 5.74) is 0.194. The number of nitro benzene ring substituents is 1. The fourth-order valence-corrected chi connectivity index (χ4v) is 3.88. The first-order valence-electron chi connectivity index (χ1n) is 9.92. The minimum Gasteiger partial charge on any atom is -0.484 e. The van der Waals surface area contributed by atoms with E-state index >= 15 is 0 Å². The maximum absolute atomic E-state index is 12.6. The molecule has 1 aliphatic rings. The fraction of sp³-hybridized carbons (Fsp3) is 0.261. The van der Waals surface area contributed by atoms with Gasteiger partial charge in [-0.3, -0.25) is 14.9 Å². The van der Waals surface area contributed by atoms with Crippen LogP contribution in [0.2, 0.25) is 0 Å². The third kappa shape index (κ3) is 4.02. The van der Waals surface area contributed by atoms with Crippen LogP contribution in [0.15, 0.2) is 67.0 Å². The Morgan fingerprint density at radius 1 is 1.19 bits per heavy atom. The Balaban J connectivity index is 1.75. The van der Waals surface area contributed by atoms with Crippen LogP contribution < -0.4 is 10.1 Å². The number of rotatable bonds is 5. The molecule has 4 rings (SSSR count). The van der Waals surface area contributed by atoms with Crippen LogP contribution in [0.1, 0.15) is 31.0 Å². The van der Waals surface area contributed by atoms with Gasteiger partial charge in [0.05, 0.1) is 23.5 Å². The topological polar surface area (TPSA) is 107 Å². The number of nitro groups is 1. The lowest BCUT2D eigenvalue weighted by molar-refractivity contribution is -0.384. The van der Waals surface area contributed by atoms with Gasteiger partial charge in [-0.2, -0.15) is 0 Å². The molecule has 0 aliphatic carbocycles. The highest BCUT2D eigenvalue weighted by Gasteiger charge is 2.44. The number of anilines is 1. The minimum absolute atomic E-state index is 0.0670. The summed E-state index contributed by atoms with van der Waals surface area (Å²) >= 11 is 0. The predicted octanol–water partition coefficient (Wildman–Crippen LogP) is 3.70. The van der Waals surface area contributed by atoms with Crippen LogP contribution >= 0.6 is 0 Å². The number of fused-ring (bicyclic) bond motifs is 1. The highest BCUT2D eigenvalue weighted by Crippen LogP contribution is 2.45. The van der Waals surface area contributed by atoms with Crippen molar-refractivity contribution in [3.63, 3.8) is 0 Å². The van der Waals surface area contributed by atoms with E-state index in [9.17, 15) is 20.0 Å². The van der Waals surface area contributed by atoms with Gasteiger partial charge in [-0.1, -0.05) is 30.3 Å². The summed E-state index contributed by atoms with van der Waals surface area (Å²) in [6, 6.07) is 15.1. The van der Waals surface area contributed by atoms with Crippen LogP contribution in [0.4, 0.5) is 11.4 Å². The average Bonchev–Trinajstić information content (AvgIpc) is 3.23. The lowest BCUT2D eigenvalue weighted by Crippen LogP contribution is -2.50. The molecule has 0 bridgehead atoms. The first kappa shape index (κ1) is 20.6. The molecule has 2 atom stereocenters. The predicted molar refractivity (Wildman–Crippen MR) is 115 cm³/mol.